The summed E-state index contributed by atoms with van der Waals surface area (Å²) in [6, 6.07) is 0. The highest BCUT2D eigenvalue weighted by atomic mass is 32.2. The van der Waals surface area contributed by atoms with Crippen molar-refractivity contribution in [1.29, 1.82) is 0 Å². The van der Waals surface area contributed by atoms with Gasteiger partial charge in [-0.15, -0.1) is 0 Å². The molecular weight excluding hydrogens is 244 g/mol. The molecule has 0 radical (unpaired) electrons. The lowest BCUT2D eigenvalue weighted by molar-refractivity contribution is -0.108. The van der Waals surface area contributed by atoms with Crippen molar-refractivity contribution in [3.63, 3.8) is 0 Å². The van der Waals surface area contributed by atoms with Gasteiger partial charge in [0.05, 0.1) is 18.0 Å². The Morgan fingerprint density at radius 1 is 1.39 bits per heavy atom. The summed E-state index contributed by atoms with van der Waals surface area (Å²) < 4.78 is 8.09. The van der Waals surface area contributed by atoms with E-state index in [1.54, 1.807) is 0 Å². The van der Waals surface area contributed by atoms with Crippen LogP contribution in [0.4, 0.5) is 0 Å². The molecule has 1 heterocycles. The van der Waals surface area contributed by atoms with Crippen molar-refractivity contribution < 1.29 is 4.74 Å². The maximum atomic E-state index is 5.95. The minimum atomic E-state index is 0.0181. The van der Waals surface area contributed by atoms with Crippen molar-refractivity contribution in [1.82, 2.24) is 9.55 Å². The van der Waals surface area contributed by atoms with Crippen LogP contribution in [0.2, 0.25) is 0 Å². The third-order valence-corrected chi connectivity index (χ3v) is 4.30. The molecule has 2 rings (SSSR count). The average Bonchev–Trinajstić information content (AvgIpc) is 2.70. The highest BCUT2D eigenvalue weighted by molar-refractivity contribution is 7.99. The largest absolute Gasteiger partial charge is 0.373 e. The summed E-state index contributed by atoms with van der Waals surface area (Å²) in [5.74, 6) is 3.32. The molecule has 0 unspecified atom stereocenters. The topological polar surface area (TPSA) is 27.1 Å². The highest BCUT2D eigenvalue weighted by Crippen LogP contribution is 2.35. The fourth-order valence-corrected chi connectivity index (χ4v) is 3.36. The van der Waals surface area contributed by atoms with Crippen LogP contribution in [0.15, 0.2) is 18.7 Å². The Hall–Kier alpha value is -0.480. The minimum Gasteiger partial charge on any atom is -0.373 e. The van der Waals surface area contributed by atoms with Crippen molar-refractivity contribution in [2.75, 3.05) is 11.5 Å². The minimum absolute atomic E-state index is 0.0181. The Morgan fingerprint density at radius 3 is 2.78 bits per heavy atom. The van der Waals surface area contributed by atoms with Crippen LogP contribution < -0.4 is 0 Å². The zero-order chi connectivity index (χ0) is 13.0. The average molecular weight is 268 g/mol. The normalized spacial score (nSPS) is 23.9. The molecule has 1 aromatic heterocycles. The van der Waals surface area contributed by atoms with Crippen molar-refractivity contribution in [3.05, 3.63) is 18.7 Å². The van der Waals surface area contributed by atoms with Crippen molar-refractivity contribution in [2.45, 2.75) is 51.9 Å². The summed E-state index contributed by atoms with van der Waals surface area (Å²) in [5, 5.41) is 0. The first-order chi connectivity index (χ1) is 8.53. The molecule has 1 aliphatic rings. The maximum absolute atomic E-state index is 5.95. The van der Waals surface area contributed by atoms with Gasteiger partial charge in [0.25, 0.3) is 0 Å². The number of imidazole rings is 1. The van der Waals surface area contributed by atoms with Gasteiger partial charge in [-0.1, -0.05) is 0 Å². The van der Waals surface area contributed by atoms with E-state index in [2.05, 4.69) is 42.1 Å². The molecule has 0 spiro atoms. The SMILES string of the molecule is CC(C)(C)OC1CC(CSCCn2ccnc2)C1. The molecule has 0 saturated heterocycles. The molecule has 0 N–H and O–H groups in total. The molecule has 0 aliphatic heterocycles. The first kappa shape index (κ1) is 13.9. The summed E-state index contributed by atoms with van der Waals surface area (Å²) in [6.07, 6.45) is 8.74. The third kappa shape index (κ3) is 4.65. The van der Waals surface area contributed by atoms with Gasteiger partial charge >= 0.3 is 0 Å². The van der Waals surface area contributed by atoms with Crippen molar-refractivity contribution in [2.24, 2.45) is 5.92 Å². The molecule has 102 valence electrons. The van der Waals surface area contributed by atoms with E-state index in [9.17, 15) is 0 Å². The van der Waals surface area contributed by atoms with Crippen LogP contribution in [-0.2, 0) is 11.3 Å². The smallest absolute Gasteiger partial charge is 0.0946 e. The van der Waals surface area contributed by atoms with E-state index in [4.69, 9.17) is 4.74 Å². The lowest BCUT2D eigenvalue weighted by Gasteiger charge is -2.39. The molecule has 1 saturated carbocycles. The van der Waals surface area contributed by atoms with Crippen molar-refractivity contribution in [3.8, 4) is 0 Å². The summed E-state index contributed by atoms with van der Waals surface area (Å²) in [5.41, 5.74) is 0.0181. The second-order valence-electron chi connectivity index (χ2n) is 6.07. The van der Waals surface area contributed by atoms with E-state index < -0.39 is 0 Å². The fraction of sp³-hybridized carbons (Fsp3) is 0.786. The van der Waals surface area contributed by atoms with E-state index in [1.165, 1.54) is 24.3 Å². The summed E-state index contributed by atoms with van der Waals surface area (Å²) in [7, 11) is 0. The zero-order valence-corrected chi connectivity index (χ0v) is 12.4. The predicted octanol–water partition coefficient (Wildman–Crippen LogP) is 3.21. The molecule has 4 heteroatoms. The van der Waals surface area contributed by atoms with Crippen molar-refractivity contribution >= 4 is 11.8 Å². The molecule has 3 nitrogen and oxygen atoms in total. The number of rotatable bonds is 6. The van der Waals surface area contributed by atoms with Crippen LogP contribution in [0.3, 0.4) is 0 Å². The standard InChI is InChI=1S/C14H24N2OS/c1-14(2,3)17-13-8-12(9-13)10-18-7-6-16-5-4-15-11-16/h4-5,11-13H,6-10H2,1-3H3. The number of nitrogens with zero attached hydrogens (tertiary/aromatic N) is 2. The van der Waals surface area contributed by atoms with E-state index >= 15 is 0 Å². The molecule has 1 aliphatic carbocycles. The molecule has 0 atom stereocenters. The summed E-state index contributed by atoms with van der Waals surface area (Å²) in [6.45, 7) is 7.49. The Kier molecular flexibility index (Phi) is 4.73. The molecule has 0 aromatic carbocycles. The Balaban J connectivity index is 1.50. The monoisotopic (exact) mass is 268 g/mol. The number of thioether (sulfide) groups is 1. The zero-order valence-electron chi connectivity index (χ0n) is 11.6. The first-order valence-electron chi connectivity index (χ1n) is 6.74. The van der Waals surface area contributed by atoms with E-state index in [1.807, 2.05) is 18.7 Å². The maximum Gasteiger partial charge on any atom is 0.0946 e. The number of hydrogen-bond acceptors (Lipinski definition) is 3. The second kappa shape index (κ2) is 6.11. The van der Waals surface area contributed by atoms with Crippen LogP contribution in [-0.4, -0.2) is 32.8 Å². The van der Waals surface area contributed by atoms with Gasteiger partial charge in [-0.2, -0.15) is 11.8 Å². The number of ether oxygens (including phenoxy) is 1. The Morgan fingerprint density at radius 2 is 2.17 bits per heavy atom. The van der Waals surface area contributed by atoms with Gasteiger partial charge in [0.2, 0.25) is 0 Å². The molecule has 0 amide bonds. The van der Waals surface area contributed by atoms with Gasteiger partial charge in [-0.05, 0) is 45.3 Å². The number of aromatic nitrogens is 2. The van der Waals surface area contributed by atoms with Crippen LogP contribution in [0.5, 0.6) is 0 Å². The van der Waals surface area contributed by atoms with Crippen LogP contribution in [0.1, 0.15) is 33.6 Å². The van der Waals surface area contributed by atoms with Gasteiger partial charge in [0.15, 0.2) is 0 Å². The second-order valence-corrected chi connectivity index (χ2v) is 7.21. The van der Waals surface area contributed by atoms with Gasteiger partial charge in [-0.3, -0.25) is 0 Å². The molecule has 1 aromatic rings. The molecule has 0 bridgehead atoms. The van der Waals surface area contributed by atoms with E-state index in [-0.39, 0.29) is 5.60 Å². The molecule has 18 heavy (non-hydrogen) atoms. The Labute approximate surface area is 114 Å². The number of hydrogen-bond donors (Lipinski definition) is 0. The number of aryl methyl sites for hydroxylation is 1. The quantitative estimate of drug-likeness (QED) is 0.741. The molecule has 1 fully saturated rings. The fourth-order valence-electron chi connectivity index (χ4n) is 2.25. The third-order valence-electron chi connectivity index (χ3n) is 3.12. The lowest BCUT2D eigenvalue weighted by Crippen LogP contribution is -2.38. The first-order valence-corrected chi connectivity index (χ1v) is 7.90. The Bertz CT molecular complexity index is 339. The molecular formula is C14H24N2OS. The predicted molar refractivity (Wildman–Crippen MR) is 76.9 cm³/mol. The van der Waals surface area contributed by atoms with Gasteiger partial charge in [0.1, 0.15) is 0 Å². The van der Waals surface area contributed by atoms with Gasteiger partial charge < -0.3 is 9.30 Å². The summed E-state index contributed by atoms with van der Waals surface area (Å²) in [4.78, 5) is 4.04. The highest BCUT2D eigenvalue weighted by Gasteiger charge is 2.32. The lowest BCUT2D eigenvalue weighted by atomic mass is 9.83. The van der Waals surface area contributed by atoms with Crippen LogP contribution in [0.25, 0.3) is 0 Å². The van der Waals surface area contributed by atoms with Gasteiger partial charge in [0, 0.05) is 24.7 Å². The van der Waals surface area contributed by atoms with E-state index in [0.717, 1.165) is 12.5 Å². The van der Waals surface area contributed by atoms with Crippen LogP contribution in [0, 0.1) is 5.92 Å². The van der Waals surface area contributed by atoms with Gasteiger partial charge in [-0.25, -0.2) is 4.98 Å². The summed E-state index contributed by atoms with van der Waals surface area (Å²) >= 11 is 2.05. The van der Waals surface area contributed by atoms with E-state index in [0.29, 0.717) is 6.10 Å². The van der Waals surface area contributed by atoms with Crippen LogP contribution >= 0.6 is 11.8 Å².